The number of aromatic nitrogens is 2. The number of thiophene rings is 2. The second-order valence-electron chi connectivity index (χ2n) is 5.10. The van der Waals surface area contributed by atoms with Gasteiger partial charge in [0, 0.05) is 18.0 Å². The van der Waals surface area contributed by atoms with Gasteiger partial charge in [0.05, 0.1) is 27.3 Å². The van der Waals surface area contributed by atoms with Gasteiger partial charge in [-0.3, -0.25) is 0 Å². The Labute approximate surface area is 144 Å². The number of hydrogen-bond acceptors (Lipinski definition) is 6. The molecule has 114 valence electrons. The highest BCUT2D eigenvalue weighted by Crippen LogP contribution is 2.40. The van der Waals surface area contributed by atoms with Crippen molar-refractivity contribution in [1.82, 2.24) is 9.97 Å². The van der Waals surface area contributed by atoms with E-state index in [9.17, 15) is 0 Å². The van der Waals surface area contributed by atoms with Crippen LogP contribution in [0.25, 0.3) is 20.9 Å². The fraction of sp³-hybridized carbons (Fsp3) is 0.333. The highest BCUT2D eigenvalue weighted by Gasteiger charge is 2.21. The van der Waals surface area contributed by atoms with Crippen LogP contribution in [0.5, 0.6) is 0 Å². The Morgan fingerprint density at radius 2 is 2.09 bits per heavy atom. The van der Waals surface area contributed by atoms with Crippen LogP contribution >= 0.6 is 38.6 Å². The molecule has 0 saturated carbocycles. The van der Waals surface area contributed by atoms with Crippen molar-refractivity contribution >= 4 is 54.6 Å². The van der Waals surface area contributed by atoms with Crippen LogP contribution in [0.2, 0.25) is 0 Å². The van der Waals surface area contributed by atoms with E-state index in [-0.39, 0.29) is 0 Å². The van der Waals surface area contributed by atoms with Gasteiger partial charge in [-0.05, 0) is 34.3 Å². The number of anilines is 1. The summed E-state index contributed by atoms with van der Waals surface area (Å²) in [6, 6.07) is 4.11. The van der Waals surface area contributed by atoms with Crippen molar-refractivity contribution in [2.45, 2.75) is 6.92 Å². The fourth-order valence-corrected chi connectivity index (χ4v) is 4.87. The van der Waals surface area contributed by atoms with Crippen molar-refractivity contribution in [3.8, 4) is 10.7 Å². The maximum Gasteiger partial charge on any atom is 0.172 e. The lowest BCUT2D eigenvalue weighted by Gasteiger charge is -2.28. The van der Waals surface area contributed by atoms with E-state index in [1.807, 2.05) is 6.07 Å². The molecule has 0 atom stereocenters. The number of morpholine rings is 1. The first-order valence-electron chi connectivity index (χ1n) is 7.07. The third-order valence-electron chi connectivity index (χ3n) is 3.67. The van der Waals surface area contributed by atoms with Crippen LogP contribution < -0.4 is 4.90 Å². The minimum absolute atomic E-state index is 0.755. The molecular formula is C15H14BrN3OS2. The number of rotatable bonds is 2. The number of aryl methyl sites for hydroxylation is 1. The number of halogens is 1. The summed E-state index contributed by atoms with van der Waals surface area (Å²) in [7, 11) is 0. The Morgan fingerprint density at radius 1 is 1.27 bits per heavy atom. The molecule has 0 aliphatic carbocycles. The average molecular weight is 396 g/mol. The summed E-state index contributed by atoms with van der Waals surface area (Å²) >= 11 is 7.11. The lowest BCUT2D eigenvalue weighted by molar-refractivity contribution is 0.122. The molecule has 0 N–H and O–H groups in total. The van der Waals surface area contributed by atoms with Crippen LogP contribution in [0.15, 0.2) is 22.0 Å². The summed E-state index contributed by atoms with van der Waals surface area (Å²) in [6.07, 6.45) is 0. The Kier molecular flexibility index (Phi) is 3.89. The molecular weight excluding hydrogens is 382 g/mol. The highest BCUT2D eigenvalue weighted by atomic mass is 79.9. The average Bonchev–Trinajstić information content (AvgIpc) is 3.17. The Hall–Kier alpha value is -1.02. The van der Waals surface area contributed by atoms with E-state index in [1.165, 1.54) is 4.88 Å². The summed E-state index contributed by atoms with van der Waals surface area (Å²) in [5.41, 5.74) is 1.02. The highest BCUT2D eigenvalue weighted by molar-refractivity contribution is 9.10. The number of fused-ring (bicyclic) bond motifs is 1. The van der Waals surface area contributed by atoms with Gasteiger partial charge in [0.15, 0.2) is 11.6 Å². The van der Waals surface area contributed by atoms with Crippen molar-refractivity contribution < 1.29 is 4.74 Å². The molecule has 1 fully saturated rings. The topological polar surface area (TPSA) is 38.2 Å². The van der Waals surface area contributed by atoms with Crippen LogP contribution in [0.4, 0.5) is 5.82 Å². The van der Waals surface area contributed by atoms with Gasteiger partial charge in [0.2, 0.25) is 0 Å². The first-order chi connectivity index (χ1) is 10.7. The Morgan fingerprint density at radius 3 is 2.82 bits per heavy atom. The van der Waals surface area contributed by atoms with Crippen LogP contribution in [-0.4, -0.2) is 36.3 Å². The fourth-order valence-electron chi connectivity index (χ4n) is 2.55. The van der Waals surface area contributed by atoms with Gasteiger partial charge in [-0.15, -0.1) is 22.7 Å². The van der Waals surface area contributed by atoms with Crippen molar-refractivity contribution in [3.63, 3.8) is 0 Å². The standard InChI is InChI=1S/C15H14BrN3OS2/c1-9-11(16)12-13(22-9)15(19-4-6-20-7-5-19)18-14(17-12)10-3-2-8-21-10/h2-3,8H,4-7H2,1H3. The van der Waals surface area contributed by atoms with E-state index < -0.39 is 0 Å². The molecule has 0 radical (unpaired) electrons. The van der Waals surface area contributed by atoms with Crippen molar-refractivity contribution in [3.05, 3.63) is 26.9 Å². The molecule has 4 rings (SSSR count). The smallest absolute Gasteiger partial charge is 0.172 e. The summed E-state index contributed by atoms with van der Waals surface area (Å²) in [4.78, 5) is 14.3. The molecule has 3 aromatic heterocycles. The zero-order valence-electron chi connectivity index (χ0n) is 12.0. The van der Waals surface area contributed by atoms with Crippen LogP contribution in [0.1, 0.15) is 4.88 Å². The predicted molar refractivity (Wildman–Crippen MR) is 96.2 cm³/mol. The van der Waals surface area contributed by atoms with Gasteiger partial charge in [0.1, 0.15) is 5.52 Å². The second-order valence-corrected chi connectivity index (χ2v) is 8.06. The molecule has 7 heteroatoms. The monoisotopic (exact) mass is 395 g/mol. The van der Waals surface area contributed by atoms with E-state index in [0.717, 1.165) is 57.5 Å². The molecule has 1 aliphatic rings. The van der Waals surface area contributed by atoms with Crippen LogP contribution in [0, 0.1) is 6.92 Å². The second kappa shape index (κ2) is 5.88. The lowest BCUT2D eigenvalue weighted by Crippen LogP contribution is -2.36. The lowest BCUT2D eigenvalue weighted by atomic mass is 10.3. The predicted octanol–water partition coefficient (Wildman–Crippen LogP) is 4.33. The molecule has 0 aromatic carbocycles. The quantitative estimate of drug-likeness (QED) is 0.647. The molecule has 22 heavy (non-hydrogen) atoms. The van der Waals surface area contributed by atoms with Gasteiger partial charge >= 0.3 is 0 Å². The van der Waals surface area contributed by atoms with Crippen molar-refractivity contribution in [2.75, 3.05) is 31.2 Å². The van der Waals surface area contributed by atoms with Gasteiger partial charge in [-0.2, -0.15) is 0 Å². The summed E-state index contributed by atoms with van der Waals surface area (Å²) in [6.45, 7) is 5.39. The summed E-state index contributed by atoms with van der Waals surface area (Å²) in [5.74, 6) is 1.85. The first-order valence-corrected chi connectivity index (χ1v) is 9.56. The van der Waals surface area contributed by atoms with Crippen LogP contribution in [0.3, 0.4) is 0 Å². The molecule has 0 spiro atoms. The molecule has 4 nitrogen and oxygen atoms in total. The molecule has 4 heterocycles. The van der Waals surface area contributed by atoms with E-state index in [0.29, 0.717) is 0 Å². The normalized spacial score (nSPS) is 15.6. The third kappa shape index (κ3) is 2.46. The Balaban J connectivity index is 1.94. The van der Waals surface area contributed by atoms with Crippen molar-refractivity contribution in [2.24, 2.45) is 0 Å². The van der Waals surface area contributed by atoms with Crippen LogP contribution in [-0.2, 0) is 4.74 Å². The summed E-state index contributed by atoms with van der Waals surface area (Å²) < 4.78 is 7.72. The SMILES string of the molecule is Cc1sc2c(N3CCOCC3)nc(-c3cccs3)nc2c1Br. The third-order valence-corrected chi connectivity index (χ3v) is 6.86. The minimum atomic E-state index is 0.755. The van der Waals surface area contributed by atoms with Gasteiger partial charge in [0.25, 0.3) is 0 Å². The number of hydrogen-bond donors (Lipinski definition) is 0. The van der Waals surface area contributed by atoms with E-state index in [4.69, 9.17) is 14.7 Å². The zero-order valence-corrected chi connectivity index (χ0v) is 15.2. The van der Waals surface area contributed by atoms with E-state index in [1.54, 1.807) is 22.7 Å². The van der Waals surface area contributed by atoms with Gasteiger partial charge in [-0.25, -0.2) is 9.97 Å². The van der Waals surface area contributed by atoms with Gasteiger partial charge in [-0.1, -0.05) is 6.07 Å². The number of ether oxygens (including phenoxy) is 1. The summed E-state index contributed by atoms with van der Waals surface area (Å²) in [5, 5.41) is 2.06. The molecule has 0 unspecified atom stereocenters. The first kappa shape index (κ1) is 14.6. The molecule has 1 aliphatic heterocycles. The Bertz CT molecular complexity index is 810. The van der Waals surface area contributed by atoms with Crippen molar-refractivity contribution in [1.29, 1.82) is 0 Å². The van der Waals surface area contributed by atoms with E-state index >= 15 is 0 Å². The number of nitrogens with zero attached hydrogens (tertiary/aromatic N) is 3. The largest absolute Gasteiger partial charge is 0.378 e. The zero-order chi connectivity index (χ0) is 15.1. The van der Waals surface area contributed by atoms with E-state index in [2.05, 4.69) is 39.2 Å². The molecule has 0 amide bonds. The molecule has 1 saturated heterocycles. The molecule has 0 bridgehead atoms. The van der Waals surface area contributed by atoms with Gasteiger partial charge < -0.3 is 9.64 Å². The maximum atomic E-state index is 5.48. The molecule has 3 aromatic rings. The maximum absolute atomic E-state index is 5.48. The minimum Gasteiger partial charge on any atom is -0.378 e.